The number of nitrogens with zero attached hydrogens (tertiary/aromatic N) is 2. The number of carbonyl (C=O) groups is 1. The van der Waals surface area contributed by atoms with E-state index in [1.165, 1.54) is 11.1 Å². The second kappa shape index (κ2) is 8.51. The molecular weight excluding hydrogens is 366 g/mol. The minimum atomic E-state index is 0. The highest BCUT2D eigenvalue weighted by molar-refractivity contribution is 7.09. The van der Waals surface area contributed by atoms with Crippen molar-refractivity contribution in [2.45, 2.75) is 44.1 Å². The maximum absolute atomic E-state index is 13.0. The van der Waals surface area contributed by atoms with Crippen LogP contribution in [0.4, 0.5) is 0 Å². The highest BCUT2D eigenvalue weighted by atomic mass is 35.5. The van der Waals surface area contributed by atoms with Gasteiger partial charge in [-0.1, -0.05) is 24.3 Å². The zero-order chi connectivity index (χ0) is 17.2. The molecule has 1 aromatic carbocycles. The molecule has 1 aliphatic carbocycles. The Balaban J connectivity index is 0.00000196. The van der Waals surface area contributed by atoms with E-state index in [9.17, 15) is 4.79 Å². The van der Waals surface area contributed by atoms with Gasteiger partial charge in [-0.15, -0.1) is 23.7 Å². The fraction of sp³-hybridized carbons (Fsp3) is 0.500. The maximum atomic E-state index is 13.0. The summed E-state index contributed by atoms with van der Waals surface area (Å²) in [4.78, 5) is 19.6. The molecule has 1 saturated heterocycles. The molecule has 1 atom stereocenters. The highest BCUT2D eigenvalue weighted by Gasteiger charge is 2.29. The largest absolute Gasteiger partial charge is 0.333 e. The van der Waals surface area contributed by atoms with E-state index in [-0.39, 0.29) is 24.4 Å². The molecule has 1 amide bonds. The third-order valence-corrected chi connectivity index (χ3v) is 6.56. The smallest absolute Gasteiger partial charge is 0.273 e. The van der Waals surface area contributed by atoms with Gasteiger partial charge in [-0.2, -0.15) is 0 Å². The molecule has 2 heterocycles. The van der Waals surface area contributed by atoms with Crippen LogP contribution in [0.3, 0.4) is 0 Å². The van der Waals surface area contributed by atoms with Gasteiger partial charge in [0.25, 0.3) is 5.91 Å². The van der Waals surface area contributed by atoms with E-state index in [0.29, 0.717) is 11.6 Å². The number of fused-ring (bicyclic) bond motifs is 1. The summed E-state index contributed by atoms with van der Waals surface area (Å²) in [5.41, 5.74) is 3.30. The Morgan fingerprint density at radius 2 is 2.00 bits per heavy atom. The number of aryl methyl sites for hydroxylation is 1. The number of aromatic nitrogens is 1. The Hall–Kier alpha value is -1.43. The summed E-state index contributed by atoms with van der Waals surface area (Å²) < 4.78 is 0. The van der Waals surface area contributed by atoms with Gasteiger partial charge in [0, 0.05) is 18.3 Å². The number of piperidine rings is 1. The quantitative estimate of drug-likeness (QED) is 0.853. The lowest BCUT2D eigenvalue weighted by atomic mass is 9.87. The van der Waals surface area contributed by atoms with Crippen LogP contribution in [0.25, 0.3) is 0 Å². The summed E-state index contributed by atoms with van der Waals surface area (Å²) in [7, 11) is 1.93. The first kappa shape index (κ1) is 19.3. The van der Waals surface area contributed by atoms with E-state index in [2.05, 4.69) is 29.6 Å². The van der Waals surface area contributed by atoms with Crippen molar-refractivity contribution in [3.8, 4) is 0 Å². The highest BCUT2D eigenvalue weighted by Crippen LogP contribution is 2.35. The van der Waals surface area contributed by atoms with Crippen molar-refractivity contribution >= 4 is 29.7 Å². The Labute approximate surface area is 165 Å². The van der Waals surface area contributed by atoms with E-state index in [1.54, 1.807) is 11.3 Å². The van der Waals surface area contributed by atoms with E-state index < -0.39 is 0 Å². The van der Waals surface area contributed by atoms with E-state index in [0.717, 1.165) is 50.2 Å². The lowest BCUT2D eigenvalue weighted by molar-refractivity contribution is 0.0709. The second-order valence-corrected chi connectivity index (χ2v) is 8.01. The van der Waals surface area contributed by atoms with Gasteiger partial charge in [-0.05, 0) is 56.3 Å². The van der Waals surface area contributed by atoms with Gasteiger partial charge in [0.1, 0.15) is 5.69 Å². The Bertz CT molecular complexity index is 757. The number of hydrogen-bond donors (Lipinski definition) is 1. The Morgan fingerprint density at radius 3 is 2.81 bits per heavy atom. The maximum Gasteiger partial charge on any atom is 0.273 e. The summed E-state index contributed by atoms with van der Waals surface area (Å²) in [6.45, 7) is 2.10. The first-order valence-corrected chi connectivity index (χ1v) is 10.1. The monoisotopic (exact) mass is 391 g/mol. The lowest BCUT2D eigenvalue weighted by Crippen LogP contribution is -2.33. The fourth-order valence-electron chi connectivity index (χ4n) is 4.10. The molecule has 1 aromatic heterocycles. The van der Waals surface area contributed by atoms with Crippen LogP contribution in [-0.2, 0) is 6.42 Å². The van der Waals surface area contributed by atoms with Gasteiger partial charge in [-0.25, -0.2) is 4.98 Å². The van der Waals surface area contributed by atoms with Crippen LogP contribution in [0.1, 0.15) is 64.3 Å². The first-order chi connectivity index (χ1) is 12.2. The van der Waals surface area contributed by atoms with E-state index >= 15 is 0 Å². The molecule has 2 aromatic rings. The summed E-state index contributed by atoms with van der Waals surface area (Å²) in [5.74, 6) is 0.562. The summed E-state index contributed by atoms with van der Waals surface area (Å²) >= 11 is 1.65. The van der Waals surface area contributed by atoms with Crippen LogP contribution in [0.5, 0.6) is 0 Å². The van der Waals surface area contributed by atoms with Crippen LogP contribution in [-0.4, -0.2) is 35.9 Å². The van der Waals surface area contributed by atoms with Crippen LogP contribution >= 0.6 is 23.7 Å². The fourth-order valence-corrected chi connectivity index (χ4v) is 5.06. The Morgan fingerprint density at radius 1 is 1.23 bits per heavy atom. The van der Waals surface area contributed by atoms with Crippen molar-refractivity contribution in [1.29, 1.82) is 0 Å². The van der Waals surface area contributed by atoms with Crippen molar-refractivity contribution in [2.75, 3.05) is 20.1 Å². The van der Waals surface area contributed by atoms with Crippen molar-refractivity contribution in [3.05, 3.63) is 51.5 Å². The molecule has 0 spiro atoms. The number of nitrogens with one attached hydrogen (secondary N) is 1. The standard InChI is InChI=1S/C20H25N3OS.ClH/c1-23(18-8-4-6-14-5-2-3-7-16(14)18)20(24)17-13-25-19(22-17)15-9-11-21-12-10-15;/h2-3,5,7,13,15,18,21H,4,6,8-12H2,1H3;1H. The van der Waals surface area contributed by atoms with E-state index in [4.69, 9.17) is 4.98 Å². The number of benzene rings is 1. The molecule has 6 heteroatoms. The second-order valence-electron chi connectivity index (χ2n) is 7.12. The van der Waals surface area contributed by atoms with Crippen molar-refractivity contribution in [2.24, 2.45) is 0 Å². The summed E-state index contributed by atoms with van der Waals surface area (Å²) in [6.07, 6.45) is 5.52. The first-order valence-electron chi connectivity index (χ1n) is 9.25. The number of amides is 1. The predicted octanol–water partition coefficient (Wildman–Crippen LogP) is 4.18. The lowest BCUT2D eigenvalue weighted by Gasteiger charge is -2.33. The number of halogens is 1. The molecule has 0 bridgehead atoms. The average molecular weight is 392 g/mol. The topological polar surface area (TPSA) is 45.2 Å². The third-order valence-electron chi connectivity index (χ3n) is 5.56. The van der Waals surface area contributed by atoms with Crippen molar-refractivity contribution in [1.82, 2.24) is 15.2 Å². The van der Waals surface area contributed by atoms with Gasteiger partial charge in [0.2, 0.25) is 0 Å². The normalized spacial score (nSPS) is 20.1. The minimum absolute atomic E-state index is 0. The molecule has 2 aliphatic rings. The third kappa shape index (κ3) is 3.80. The molecule has 1 fully saturated rings. The molecular formula is C20H26ClN3OS. The molecule has 26 heavy (non-hydrogen) atoms. The Kier molecular flexibility index (Phi) is 6.33. The van der Waals surface area contributed by atoms with Crippen LogP contribution in [0.2, 0.25) is 0 Å². The van der Waals surface area contributed by atoms with Gasteiger partial charge in [0.05, 0.1) is 11.0 Å². The number of hydrogen-bond acceptors (Lipinski definition) is 4. The zero-order valence-corrected chi connectivity index (χ0v) is 16.7. The van der Waals surface area contributed by atoms with E-state index in [1.807, 2.05) is 17.3 Å². The number of thiazole rings is 1. The van der Waals surface area contributed by atoms with Crippen LogP contribution in [0, 0.1) is 0 Å². The summed E-state index contributed by atoms with van der Waals surface area (Å²) in [6, 6.07) is 8.70. The summed E-state index contributed by atoms with van der Waals surface area (Å²) in [5, 5.41) is 6.46. The molecule has 0 radical (unpaired) electrons. The molecule has 1 aliphatic heterocycles. The van der Waals surface area contributed by atoms with Crippen LogP contribution in [0.15, 0.2) is 29.6 Å². The average Bonchev–Trinajstić information content (AvgIpc) is 3.17. The van der Waals surface area contributed by atoms with Crippen molar-refractivity contribution in [3.63, 3.8) is 0 Å². The molecule has 1 unspecified atom stereocenters. The molecule has 4 nitrogen and oxygen atoms in total. The number of carbonyl (C=O) groups excluding carboxylic acids is 1. The van der Waals surface area contributed by atoms with Gasteiger partial charge in [-0.3, -0.25) is 4.79 Å². The zero-order valence-electron chi connectivity index (χ0n) is 15.1. The molecule has 0 saturated carbocycles. The molecule has 140 valence electrons. The molecule has 1 N–H and O–H groups in total. The van der Waals surface area contributed by atoms with Crippen LogP contribution < -0.4 is 5.32 Å². The van der Waals surface area contributed by atoms with Gasteiger partial charge < -0.3 is 10.2 Å². The van der Waals surface area contributed by atoms with Gasteiger partial charge >= 0.3 is 0 Å². The SMILES string of the molecule is CN(C(=O)c1csc(C2CCNCC2)n1)C1CCCc2ccccc21.Cl. The minimum Gasteiger partial charge on any atom is -0.333 e. The van der Waals surface area contributed by atoms with Gasteiger partial charge in [0.15, 0.2) is 0 Å². The van der Waals surface area contributed by atoms with Crippen molar-refractivity contribution < 1.29 is 4.79 Å². The predicted molar refractivity (Wildman–Crippen MR) is 108 cm³/mol. The number of rotatable bonds is 3. The molecule has 4 rings (SSSR count).